The first-order valence-corrected chi connectivity index (χ1v) is 7.85. The Morgan fingerprint density at radius 3 is 2.17 bits per heavy atom. The SMILES string of the molecule is CCNC1CC2CCC(C1)N2C1CCC(OC)C1. The van der Waals surface area contributed by atoms with Crippen molar-refractivity contribution in [3.63, 3.8) is 0 Å². The zero-order valence-electron chi connectivity index (χ0n) is 11.9. The molecule has 4 atom stereocenters. The van der Waals surface area contributed by atoms with Crippen LogP contribution in [0.15, 0.2) is 0 Å². The number of hydrogen-bond acceptors (Lipinski definition) is 3. The molecule has 0 aromatic heterocycles. The summed E-state index contributed by atoms with van der Waals surface area (Å²) in [5, 5.41) is 3.67. The molecular formula is C15H28N2O. The Morgan fingerprint density at radius 1 is 1.00 bits per heavy atom. The molecule has 3 aliphatic rings. The second kappa shape index (κ2) is 5.48. The van der Waals surface area contributed by atoms with Crippen molar-refractivity contribution in [2.45, 2.75) is 82.1 Å². The molecule has 2 heterocycles. The quantitative estimate of drug-likeness (QED) is 0.830. The number of ether oxygens (including phenoxy) is 1. The third-order valence-corrected chi connectivity index (χ3v) is 5.39. The van der Waals surface area contributed by atoms with Gasteiger partial charge in [0.05, 0.1) is 6.10 Å². The van der Waals surface area contributed by atoms with Crippen molar-refractivity contribution in [3.05, 3.63) is 0 Å². The smallest absolute Gasteiger partial charge is 0.0586 e. The van der Waals surface area contributed by atoms with Crippen LogP contribution in [-0.2, 0) is 4.74 Å². The highest BCUT2D eigenvalue weighted by atomic mass is 16.5. The molecule has 0 aromatic rings. The number of fused-ring (bicyclic) bond motifs is 2. The molecule has 2 bridgehead atoms. The van der Waals surface area contributed by atoms with E-state index in [1.807, 2.05) is 7.11 Å². The summed E-state index contributed by atoms with van der Waals surface area (Å²) in [5.41, 5.74) is 0. The van der Waals surface area contributed by atoms with Crippen LogP contribution in [-0.4, -0.2) is 48.8 Å². The van der Waals surface area contributed by atoms with Crippen molar-refractivity contribution in [2.24, 2.45) is 0 Å². The lowest BCUT2D eigenvalue weighted by Crippen LogP contribution is -2.52. The molecule has 1 N–H and O–H groups in total. The standard InChI is InChI=1S/C15H28N2O/c1-3-16-11-8-12-4-5-13(9-11)17(12)14-6-7-15(10-14)18-2/h11-16H,3-10H2,1-2H3. The molecule has 3 heteroatoms. The first kappa shape index (κ1) is 12.9. The topological polar surface area (TPSA) is 24.5 Å². The normalized spacial score (nSPS) is 44.7. The highest BCUT2D eigenvalue weighted by molar-refractivity contribution is 5.01. The molecule has 18 heavy (non-hydrogen) atoms. The van der Waals surface area contributed by atoms with E-state index < -0.39 is 0 Å². The van der Waals surface area contributed by atoms with Gasteiger partial charge < -0.3 is 10.1 Å². The molecular weight excluding hydrogens is 224 g/mol. The fourth-order valence-electron chi connectivity index (χ4n) is 4.67. The van der Waals surface area contributed by atoms with Gasteiger partial charge in [-0.1, -0.05) is 6.92 Å². The predicted octanol–water partition coefficient (Wildman–Crippen LogP) is 2.16. The first-order valence-electron chi connectivity index (χ1n) is 7.85. The highest BCUT2D eigenvalue weighted by Crippen LogP contribution is 2.41. The lowest BCUT2D eigenvalue weighted by Gasteiger charge is -2.42. The zero-order valence-corrected chi connectivity index (χ0v) is 11.9. The van der Waals surface area contributed by atoms with E-state index in [9.17, 15) is 0 Å². The minimum Gasteiger partial charge on any atom is -0.381 e. The molecule has 2 aliphatic heterocycles. The van der Waals surface area contributed by atoms with Gasteiger partial charge in [-0.15, -0.1) is 0 Å². The summed E-state index contributed by atoms with van der Waals surface area (Å²) >= 11 is 0. The number of rotatable bonds is 4. The summed E-state index contributed by atoms with van der Waals surface area (Å²) in [4.78, 5) is 2.88. The van der Waals surface area contributed by atoms with E-state index in [-0.39, 0.29) is 0 Å². The van der Waals surface area contributed by atoms with Crippen molar-refractivity contribution < 1.29 is 4.74 Å². The molecule has 3 fully saturated rings. The van der Waals surface area contributed by atoms with Gasteiger partial charge in [0.15, 0.2) is 0 Å². The van der Waals surface area contributed by atoms with Crippen LogP contribution in [0.25, 0.3) is 0 Å². The molecule has 2 saturated heterocycles. The lowest BCUT2D eigenvalue weighted by atomic mass is 9.95. The van der Waals surface area contributed by atoms with Crippen molar-refractivity contribution in [3.8, 4) is 0 Å². The third-order valence-electron chi connectivity index (χ3n) is 5.39. The largest absolute Gasteiger partial charge is 0.381 e. The number of methoxy groups -OCH3 is 1. The lowest BCUT2D eigenvalue weighted by molar-refractivity contribution is 0.0553. The van der Waals surface area contributed by atoms with Gasteiger partial charge >= 0.3 is 0 Å². The Labute approximate surface area is 111 Å². The van der Waals surface area contributed by atoms with Crippen molar-refractivity contribution >= 4 is 0 Å². The maximum Gasteiger partial charge on any atom is 0.0586 e. The summed E-state index contributed by atoms with van der Waals surface area (Å²) in [6, 6.07) is 3.31. The van der Waals surface area contributed by atoms with Crippen molar-refractivity contribution in [1.82, 2.24) is 10.2 Å². The maximum atomic E-state index is 5.54. The average molecular weight is 252 g/mol. The molecule has 1 aliphatic carbocycles. The Morgan fingerprint density at radius 2 is 1.61 bits per heavy atom. The highest BCUT2D eigenvalue weighted by Gasteiger charge is 2.45. The first-order chi connectivity index (χ1) is 8.81. The zero-order chi connectivity index (χ0) is 12.5. The van der Waals surface area contributed by atoms with E-state index in [0.29, 0.717) is 6.10 Å². The minimum atomic E-state index is 0.529. The molecule has 0 aromatic carbocycles. The van der Waals surface area contributed by atoms with E-state index in [1.165, 1.54) is 44.9 Å². The van der Waals surface area contributed by atoms with Gasteiger partial charge in [-0.25, -0.2) is 0 Å². The summed E-state index contributed by atoms with van der Waals surface area (Å²) in [6.45, 7) is 3.35. The van der Waals surface area contributed by atoms with E-state index in [1.54, 1.807) is 0 Å². The van der Waals surface area contributed by atoms with E-state index in [0.717, 1.165) is 30.7 Å². The molecule has 0 spiro atoms. The van der Waals surface area contributed by atoms with E-state index in [4.69, 9.17) is 4.74 Å². The third kappa shape index (κ3) is 2.33. The van der Waals surface area contributed by atoms with Crippen LogP contribution in [0, 0.1) is 0 Å². The van der Waals surface area contributed by atoms with E-state index in [2.05, 4.69) is 17.1 Å². The van der Waals surface area contributed by atoms with Crippen LogP contribution < -0.4 is 5.32 Å². The number of piperidine rings is 1. The molecule has 1 saturated carbocycles. The van der Waals surface area contributed by atoms with Crippen LogP contribution >= 0.6 is 0 Å². The van der Waals surface area contributed by atoms with Crippen LogP contribution in [0.3, 0.4) is 0 Å². The van der Waals surface area contributed by atoms with Crippen LogP contribution in [0.5, 0.6) is 0 Å². The van der Waals surface area contributed by atoms with E-state index >= 15 is 0 Å². The minimum absolute atomic E-state index is 0.529. The number of nitrogens with one attached hydrogen (secondary N) is 1. The van der Waals surface area contributed by atoms with Gasteiger partial charge in [-0.2, -0.15) is 0 Å². The average Bonchev–Trinajstić information content (AvgIpc) is 2.92. The fourth-order valence-corrected chi connectivity index (χ4v) is 4.67. The molecule has 4 unspecified atom stereocenters. The molecule has 3 nitrogen and oxygen atoms in total. The molecule has 3 rings (SSSR count). The fraction of sp³-hybridized carbons (Fsp3) is 1.00. The van der Waals surface area contributed by atoms with Gasteiger partial charge in [-0.3, -0.25) is 4.90 Å². The van der Waals surface area contributed by atoms with Crippen LogP contribution in [0.1, 0.15) is 51.9 Å². The van der Waals surface area contributed by atoms with Gasteiger partial charge in [0, 0.05) is 31.3 Å². The Balaban J connectivity index is 1.62. The molecule has 0 amide bonds. The van der Waals surface area contributed by atoms with Crippen LogP contribution in [0.2, 0.25) is 0 Å². The Hall–Kier alpha value is -0.120. The van der Waals surface area contributed by atoms with Gasteiger partial charge in [0.25, 0.3) is 0 Å². The van der Waals surface area contributed by atoms with Gasteiger partial charge in [-0.05, 0) is 51.5 Å². The summed E-state index contributed by atoms with van der Waals surface area (Å²) in [5.74, 6) is 0. The summed E-state index contributed by atoms with van der Waals surface area (Å²) in [7, 11) is 1.87. The molecule has 0 radical (unpaired) electrons. The van der Waals surface area contributed by atoms with Crippen molar-refractivity contribution in [1.29, 1.82) is 0 Å². The second-order valence-electron chi connectivity index (χ2n) is 6.38. The predicted molar refractivity (Wildman–Crippen MR) is 73.8 cm³/mol. The summed E-state index contributed by atoms with van der Waals surface area (Å²) < 4.78 is 5.54. The summed E-state index contributed by atoms with van der Waals surface area (Å²) in [6.07, 6.45) is 10.0. The monoisotopic (exact) mass is 252 g/mol. The Kier molecular flexibility index (Phi) is 3.92. The van der Waals surface area contributed by atoms with Gasteiger partial charge in [0.2, 0.25) is 0 Å². The Bertz CT molecular complexity index is 270. The number of nitrogens with zero attached hydrogens (tertiary/aromatic N) is 1. The maximum absolute atomic E-state index is 5.54. The second-order valence-corrected chi connectivity index (χ2v) is 6.38. The van der Waals surface area contributed by atoms with Gasteiger partial charge in [0.1, 0.15) is 0 Å². The van der Waals surface area contributed by atoms with Crippen molar-refractivity contribution in [2.75, 3.05) is 13.7 Å². The number of hydrogen-bond donors (Lipinski definition) is 1. The molecule has 104 valence electrons. The van der Waals surface area contributed by atoms with Crippen LogP contribution in [0.4, 0.5) is 0 Å².